The van der Waals surface area contributed by atoms with Gasteiger partial charge in [-0.3, -0.25) is 4.90 Å². The number of para-hydroxylation sites is 1. The molecule has 2 aromatic heterocycles. The third kappa shape index (κ3) is 3.82. The van der Waals surface area contributed by atoms with E-state index in [1.807, 2.05) is 48.7 Å². The van der Waals surface area contributed by atoms with Crippen LogP contribution >= 0.6 is 0 Å². The van der Waals surface area contributed by atoms with Gasteiger partial charge in [-0.1, -0.05) is 18.2 Å². The van der Waals surface area contributed by atoms with Crippen molar-refractivity contribution in [2.24, 2.45) is 0 Å². The number of nitrogens with zero attached hydrogens (tertiary/aromatic N) is 3. The molecule has 0 fully saturated rings. The molecule has 3 N–H and O–H groups in total. The van der Waals surface area contributed by atoms with Crippen molar-refractivity contribution >= 4 is 16.6 Å². The van der Waals surface area contributed by atoms with E-state index in [-0.39, 0.29) is 5.82 Å². The first-order chi connectivity index (χ1) is 16.6. The van der Waals surface area contributed by atoms with Gasteiger partial charge in [-0.05, 0) is 65.7 Å². The van der Waals surface area contributed by atoms with Crippen LogP contribution < -0.4 is 5.73 Å². The standard InChI is InChI=1S/C28H24FN5/c29-21-9-5-18(6-10-21)27-24(23-3-1-2-4-26(23)32-27)17-34-14-13-25-20(16-34)15-31-28(33-25)19-7-11-22(30)12-8-19/h1-12,15,32H,13-14,16-17,30H2. The first-order valence-corrected chi connectivity index (χ1v) is 11.4. The Morgan fingerprint density at radius 1 is 0.941 bits per heavy atom. The second kappa shape index (κ2) is 8.39. The van der Waals surface area contributed by atoms with Gasteiger partial charge in [0.1, 0.15) is 5.82 Å². The zero-order valence-electron chi connectivity index (χ0n) is 18.6. The minimum Gasteiger partial charge on any atom is -0.399 e. The maximum atomic E-state index is 13.5. The second-order valence-electron chi connectivity index (χ2n) is 8.78. The number of aromatic nitrogens is 3. The number of H-pyrrole nitrogens is 1. The molecule has 0 amide bonds. The molecule has 34 heavy (non-hydrogen) atoms. The molecule has 0 atom stereocenters. The number of anilines is 1. The van der Waals surface area contributed by atoms with Crippen molar-refractivity contribution < 1.29 is 4.39 Å². The summed E-state index contributed by atoms with van der Waals surface area (Å²) < 4.78 is 13.5. The lowest BCUT2D eigenvalue weighted by molar-refractivity contribution is 0.244. The predicted molar refractivity (Wildman–Crippen MR) is 133 cm³/mol. The topological polar surface area (TPSA) is 70.8 Å². The van der Waals surface area contributed by atoms with Gasteiger partial charge in [-0.25, -0.2) is 14.4 Å². The molecule has 3 aromatic carbocycles. The summed E-state index contributed by atoms with van der Waals surface area (Å²) in [6, 6.07) is 22.7. The molecule has 0 saturated carbocycles. The van der Waals surface area contributed by atoms with Crippen molar-refractivity contribution in [1.29, 1.82) is 0 Å². The van der Waals surface area contributed by atoms with E-state index in [0.29, 0.717) is 0 Å². The number of halogens is 1. The summed E-state index contributed by atoms with van der Waals surface area (Å²) in [5, 5.41) is 1.20. The van der Waals surface area contributed by atoms with Crippen molar-refractivity contribution in [2.45, 2.75) is 19.5 Å². The van der Waals surface area contributed by atoms with Crippen LogP contribution in [0.15, 0.2) is 79.0 Å². The van der Waals surface area contributed by atoms with Crippen LogP contribution in [0.25, 0.3) is 33.5 Å². The first-order valence-electron chi connectivity index (χ1n) is 11.4. The number of aromatic amines is 1. The van der Waals surface area contributed by atoms with Crippen molar-refractivity contribution in [2.75, 3.05) is 12.3 Å². The molecule has 6 heteroatoms. The summed E-state index contributed by atoms with van der Waals surface area (Å²) in [5.74, 6) is 0.509. The lowest BCUT2D eigenvalue weighted by Crippen LogP contribution is -2.31. The lowest BCUT2D eigenvalue weighted by atomic mass is 10.0. The molecule has 168 valence electrons. The van der Waals surface area contributed by atoms with Crippen LogP contribution in [0, 0.1) is 5.82 Å². The SMILES string of the molecule is Nc1ccc(-c2ncc3c(n2)CCN(Cc2c(-c4ccc(F)cc4)[nH]c4ccccc24)C3)cc1. The minimum absolute atomic E-state index is 0.229. The van der Waals surface area contributed by atoms with E-state index < -0.39 is 0 Å². The van der Waals surface area contributed by atoms with Crippen LogP contribution in [0.2, 0.25) is 0 Å². The predicted octanol–water partition coefficient (Wildman–Crippen LogP) is 5.57. The van der Waals surface area contributed by atoms with Crippen LogP contribution in [0.5, 0.6) is 0 Å². The van der Waals surface area contributed by atoms with E-state index in [0.717, 1.165) is 71.2 Å². The van der Waals surface area contributed by atoms with Crippen LogP contribution in [-0.4, -0.2) is 26.4 Å². The van der Waals surface area contributed by atoms with Crippen LogP contribution in [-0.2, 0) is 19.5 Å². The van der Waals surface area contributed by atoms with Crippen molar-refractivity contribution in [3.63, 3.8) is 0 Å². The van der Waals surface area contributed by atoms with Gasteiger partial charge in [0.05, 0.1) is 11.4 Å². The van der Waals surface area contributed by atoms with E-state index in [1.165, 1.54) is 23.1 Å². The number of nitrogens with one attached hydrogen (secondary N) is 1. The average molecular weight is 450 g/mol. The van der Waals surface area contributed by atoms with Gasteiger partial charge in [0, 0.05) is 60.0 Å². The Hall–Kier alpha value is -4.03. The van der Waals surface area contributed by atoms with E-state index in [4.69, 9.17) is 10.7 Å². The Bertz CT molecular complexity index is 1470. The Morgan fingerprint density at radius 2 is 1.71 bits per heavy atom. The quantitative estimate of drug-likeness (QED) is 0.352. The number of fused-ring (bicyclic) bond motifs is 2. The van der Waals surface area contributed by atoms with Gasteiger partial charge in [-0.15, -0.1) is 0 Å². The Labute approximate surface area is 197 Å². The van der Waals surface area contributed by atoms with Crippen LogP contribution in [0.1, 0.15) is 16.8 Å². The molecule has 0 radical (unpaired) electrons. The minimum atomic E-state index is -0.229. The maximum absolute atomic E-state index is 13.5. The number of rotatable bonds is 4. The molecule has 0 unspecified atom stereocenters. The lowest BCUT2D eigenvalue weighted by Gasteiger charge is -2.28. The molecular formula is C28H24FN5. The third-order valence-electron chi connectivity index (χ3n) is 6.51. The Kier molecular flexibility index (Phi) is 5.08. The molecule has 0 bridgehead atoms. The van der Waals surface area contributed by atoms with Gasteiger partial charge in [-0.2, -0.15) is 0 Å². The van der Waals surface area contributed by atoms with Gasteiger partial charge in [0.25, 0.3) is 0 Å². The molecule has 0 aliphatic carbocycles. The highest BCUT2D eigenvalue weighted by Gasteiger charge is 2.22. The summed E-state index contributed by atoms with van der Waals surface area (Å²) in [6.07, 6.45) is 2.82. The number of hydrogen-bond donors (Lipinski definition) is 2. The van der Waals surface area contributed by atoms with E-state index in [1.54, 1.807) is 0 Å². The summed E-state index contributed by atoms with van der Waals surface area (Å²) in [5.41, 5.74) is 14.1. The molecule has 5 aromatic rings. The molecule has 0 saturated heterocycles. The van der Waals surface area contributed by atoms with E-state index >= 15 is 0 Å². The number of nitrogen functional groups attached to an aromatic ring is 1. The summed E-state index contributed by atoms with van der Waals surface area (Å²) >= 11 is 0. The van der Waals surface area contributed by atoms with Gasteiger partial charge in [0.15, 0.2) is 5.82 Å². The highest BCUT2D eigenvalue weighted by Crippen LogP contribution is 2.33. The third-order valence-corrected chi connectivity index (χ3v) is 6.51. The number of benzene rings is 3. The largest absolute Gasteiger partial charge is 0.399 e. The van der Waals surface area contributed by atoms with Crippen LogP contribution in [0.4, 0.5) is 10.1 Å². The number of hydrogen-bond acceptors (Lipinski definition) is 4. The second-order valence-corrected chi connectivity index (χ2v) is 8.78. The van der Waals surface area contributed by atoms with Crippen molar-refractivity contribution in [3.05, 3.63) is 102 Å². The zero-order valence-corrected chi connectivity index (χ0v) is 18.6. The van der Waals surface area contributed by atoms with Gasteiger partial charge < -0.3 is 10.7 Å². The fourth-order valence-electron chi connectivity index (χ4n) is 4.73. The van der Waals surface area contributed by atoms with E-state index in [2.05, 4.69) is 33.1 Å². The highest BCUT2D eigenvalue weighted by atomic mass is 19.1. The Morgan fingerprint density at radius 3 is 2.53 bits per heavy atom. The average Bonchev–Trinajstić information content (AvgIpc) is 3.23. The molecule has 3 heterocycles. The fraction of sp³-hybridized carbons (Fsp3) is 0.143. The fourth-order valence-corrected chi connectivity index (χ4v) is 4.73. The first kappa shape index (κ1) is 20.6. The molecule has 1 aliphatic heterocycles. The normalized spacial score (nSPS) is 13.8. The smallest absolute Gasteiger partial charge is 0.159 e. The maximum Gasteiger partial charge on any atom is 0.159 e. The van der Waals surface area contributed by atoms with Gasteiger partial charge >= 0.3 is 0 Å². The van der Waals surface area contributed by atoms with Crippen LogP contribution in [0.3, 0.4) is 0 Å². The zero-order chi connectivity index (χ0) is 23.1. The molecule has 6 rings (SSSR count). The molecule has 5 nitrogen and oxygen atoms in total. The molecule has 1 aliphatic rings. The molecular weight excluding hydrogens is 425 g/mol. The summed E-state index contributed by atoms with van der Waals surface area (Å²) in [6.45, 7) is 2.49. The molecule has 0 spiro atoms. The van der Waals surface area contributed by atoms with E-state index in [9.17, 15) is 4.39 Å². The van der Waals surface area contributed by atoms with Crippen molar-refractivity contribution in [3.8, 4) is 22.6 Å². The summed E-state index contributed by atoms with van der Waals surface area (Å²) in [7, 11) is 0. The number of nitrogens with two attached hydrogens (primary N) is 1. The highest BCUT2D eigenvalue weighted by molar-refractivity contribution is 5.90. The monoisotopic (exact) mass is 449 g/mol. The van der Waals surface area contributed by atoms with Crippen molar-refractivity contribution in [1.82, 2.24) is 19.9 Å². The Balaban J connectivity index is 1.29. The summed E-state index contributed by atoms with van der Waals surface area (Å²) in [4.78, 5) is 15.5. The van der Waals surface area contributed by atoms with Gasteiger partial charge in [0.2, 0.25) is 0 Å².